The number of anilines is 1. The molecule has 0 saturated heterocycles. The summed E-state index contributed by atoms with van der Waals surface area (Å²) < 4.78 is 7.17. The number of amides is 2. The number of fused-ring (bicyclic) bond motifs is 1. The number of nitrogens with zero attached hydrogens (tertiary/aromatic N) is 4. The molecule has 0 spiro atoms. The normalized spacial score (nSPS) is 12.2. The molecule has 2 amide bonds. The lowest BCUT2D eigenvalue weighted by Crippen LogP contribution is -2.50. The van der Waals surface area contributed by atoms with Gasteiger partial charge in [0.05, 0.1) is 12.1 Å². The van der Waals surface area contributed by atoms with E-state index in [1.807, 2.05) is 107 Å². The van der Waals surface area contributed by atoms with Crippen LogP contribution in [0.15, 0.2) is 72.8 Å². The van der Waals surface area contributed by atoms with E-state index in [0.29, 0.717) is 29.1 Å². The highest BCUT2D eigenvalue weighted by Crippen LogP contribution is 2.32. The largest absolute Gasteiger partial charge is 0.494 e. The van der Waals surface area contributed by atoms with Gasteiger partial charge in [0, 0.05) is 11.2 Å². The summed E-state index contributed by atoms with van der Waals surface area (Å²) in [4.78, 5) is 29.5. The van der Waals surface area contributed by atoms with Gasteiger partial charge in [-0.05, 0) is 76.1 Å². The fraction of sp³-hybridized carbons (Fsp3) is 0.310. The summed E-state index contributed by atoms with van der Waals surface area (Å²) in [6.07, 6.45) is 0. The SMILES string of the molecule is CCOc1ccc(C(C(=O)NC(C)(C)C)N(C(=O)Cn2nnc3ccccc32)c2ccccc2C)cc1. The van der Waals surface area contributed by atoms with Crippen molar-refractivity contribution in [3.63, 3.8) is 0 Å². The molecule has 37 heavy (non-hydrogen) atoms. The van der Waals surface area contributed by atoms with Gasteiger partial charge in [0.25, 0.3) is 0 Å². The van der Waals surface area contributed by atoms with Gasteiger partial charge in [-0.25, -0.2) is 4.68 Å². The summed E-state index contributed by atoms with van der Waals surface area (Å²) in [6, 6.07) is 21.4. The maximum absolute atomic E-state index is 14.1. The Morgan fingerprint density at radius 1 is 1.00 bits per heavy atom. The molecule has 0 aliphatic heterocycles. The lowest BCUT2D eigenvalue weighted by molar-refractivity contribution is -0.128. The molecule has 1 unspecified atom stereocenters. The standard InChI is InChI=1S/C29H33N5O3/c1-6-37-22-17-15-21(16-18-22)27(28(36)30-29(3,4)5)34(24-13-9-7-11-20(24)2)26(35)19-33-25-14-10-8-12-23(25)31-32-33/h7-18,27H,6,19H2,1-5H3,(H,30,36). The number of aromatic nitrogens is 3. The van der Waals surface area contributed by atoms with E-state index in [2.05, 4.69) is 15.6 Å². The second-order valence-corrected chi connectivity index (χ2v) is 9.93. The van der Waals surface area contributed by atoms with Crippen molar-refractivity contribution in [1.82, 2.24) is 20.3 Å². The van der Waals surface area contributed by atoms with Crippen LogP contribution in [0.1, 0.15) is 44.9 Å². The number of hydrogen-bond acceptors (Lipinski definition) is 5. The van der Waals surface area contributed by atoms with Crippen LogP contribution in [0.4, 0.5) is 5.69 Å². The van der Waals surface area contributed by atoms with Gasteiger partial charge in [-0.2, -0.15) is 0 Å². The summed E-state index contributed by atoms with van der Waals surface area (Å²) in [5.41, 5.74) is 3.15. The van der Waals surface area contributed by atoms with E-state index >= 15 is 0 Å². The molecule has 0 fully saturated rings. The van der Waals surface area contributed by atoms with E-state index in [4.69, 9.17) is 4.74 Å². The number of ether oxygens (including phenoxy) is 1. The molecule has 0 saturated carbocycles. The molecule has 192 valence electrons. The van der Waals surface area contributed by atoms with Gasteiger partial charge in [-0.15, -0.1) is 5.10 Å². The average Bonchev–Trinajstić information content (AvgIpc) is 3.25. The third-order valence-electron chi connectivity index (χ3n) is 5.86. The average molecular weight is 500 g/mol. The van der Waals surface area contributed by atoms with Gasteiger partial charge in [-0.1, -0.05) is 47.7 Å². The first-order chi connectivity index (χ1) is 17.7. The van der Waals surface area contributed by atoms with Crippen LogP contribution in [-0.4, -0.2) is 39.0 Å². The molecule has 8 heteroatoms. The van der Waals surface area contributed by atoms with Crippen molar-refractivity contribution in [2.45, 2.75) is 52.7 Å². The molecule has 4 rings (SSSR count). The number of carbonyl (C=O) groups is 2. The molecule has 0 aliphatic rings. The molecule has 0 aliphatic carbocycles. The predicted octanol–water partition coefficient (Wildman–Crippen LogP) is 4.83. The van der Waals surface area contributed by atoms with E-state index in [-0.39, 0.29) is 18.4 Å². The number of rotatable bonds is 8. The summed E-state index contributed by atoms with van der Waals surface area (Å²) in [7, 11) is 0. The minimum Gasteiger partial charge on any atom is -0.494 e. The van der Waals surface area contributed by atoms with Crippen molar-refractivity contribution >= 4 is 28.5 Å². The zero-order chi connectivity index (χ0) is 26.6. The Morgan fingerprint density at radius 2 is 1.68 bits per heavy atom. The van der Waals surface area contributed by atoms with Crippen LogP contribution in [0.3, 0.4) is 0 Å². The maximum Gasteiger partial charge on any atom is 0.249 e. The van der Waals surface area contributed by atoms with Gasteiger partial charge in [0.15, 0.2) is 0 Å². The van der Waals surface area contributed by atoms with Crippen molar-refractivity contribution in [2.24, 2.45) is 0 Å². The first kappa shape index (κ1) is 25.9. The third-order valence-corrected chi connectivity index (χ3v) is 5.86. The Hall–Kier alpha value is -4.20. The fourth-order valence-corrected chi connectivity index (χ4v) is 4.26. The van der Waals surface area contributed by atoms with Gasteiger partial charge >= 0.3 is 0 Å². The molecule has 1 aromatic heterocycles. The highest BCUT2D eigenvalue weighted by molar-refractivity contribution is 6.02. The molecule has 8 nitrogen and oxygen atoms in total. The van der Waals surface area contributed by atoms with Crippen molar-refractivity contribution in [3.8, 4) is 5.75 Å². The quantitative estimate of drug-likeness (QED) is 0.375. The van der Waals surface area contributed by atoms with E-state index in [9.17, 15) is 9.59 Å². The van der Waals surface area contributed by atoms with Crippen LogP contribution in [-0.2, 0) is 16.1 Å². The first-order valence-electron chi connectivity index (χ1n) is 12.4. The summed E-state index contributed by atoms with van der Waals surface area (Å²) in [5, 5.41) is 11.5. The lowest BCUT2D eigenvalue weighted by Gasteiger charge is -2.34. The molecular weight excluding hydrogens is 466 g/mol. The van der Waals surface area contributed by atoms with Gasteiger partial charge in [0.1, 0.15) is 23.9 Å². The van der Waals surface area contributed by atoms with Crippen molar-refractivity contribution in [3.05, 3.63) is 83.9 Å². The Balaban J connectivity index is 1.82. The number of para-hydroxylation sites is 2. The predicted molar refractivity (Wildman–Crippen MR) is 144 cm³/mol. The number of carbonyl (C=O) groups excluding carboxylic acids is 2. The zero-order valence-electron chi connectivity index (χ0n) is 21.9. The topological polar surface area (TPSA) is 89.4 Å². The lowest BCUT2D eigenvalue weighted by atomic mass is 9.99. The second-order valence-electron chi connectivity index (χ2n) is 9.93. The number of benzene rings is 3. The Labute approximate surface area is 217 Å². The number of nitrogens with one attached hydrogen (secondary N) is 1. The number of aryl methyl sites for hydroxylation is 1. The van der Waals surface area contributed by atoms with Crippen LogP contribution in [0.25, 0.3) is 11.0 Å². The van der Waals surface area contributed by atoms with E-state index < -0.39 is 11.6 Å². The molecular formula is C29H33N5O3. The smallest absolute Gasteiger partial charge is 0.249 e. The van der Waals surface area contributed by atoms with E-state index in [1.54, 1.807) is 9.58 Å². The molecule has 1 N–H and O–H groups in total. The van der Waals surface area contributed by atoms with Gasteiger partial charge in [-0.3, -0.25) is 14.5 Å². The Bertz CT molecular complexity index is 1390. The Kier molecular flexibility index (Phi) is 7.57. The minimum absolute atomic E-state index is 0.0782. The van der Waals surface area contributed by atoms with Crippen LogP contribution in [0, 0.1) is 6.92 Å². The van der Waals surface area contributed by atoms with Gasteiger partial charge < -0.3 is 10.1 Å². The molecule has 0 radical (unpaired) electrons. The number of hydrogen-bond donors (Lipinski definition) is 1. The molecule has 4 aromatic rings. The maximum atomic E-state index is 14.1. The highest BCUT2D eigenvalue weighted by Gasteiger charge is 2.35. The minimum atomic E-state index is -0.918. The zero-order valence-corrected chi connectivity index (χ0v) is 21.9. The van der Waals surface area contributed by atoms with Crippen LogP contribution in [0.5, 0.6) is 5.75 Å². The van der Waals surface area contributed by atoms with Crippen LogP contribution < -0.4 is 15.0 Å². The van der Waals surface area contributed by atoms with Crippen LogP contribution >= 0.6 is 0 Å². The van der Waals surface area contributed by atoms with Crippen LogP contribution in [0.2, 0.25) is 0 Å². The van der Waals surface area contributed by atoms with Crippen molar-refractivity contribution in [1.29, 1.82) is 0 Å². The first-order valence-corrected chi connectivity index (χ1v) is 12.4. The third kappa shape index (κ3) is 5.97. The van der Waals surface area contributed by atoms with E-state index in [1.165, 1.54) is 0 Å². The Morgan fingerprint density at radius 3 is 2.35 bits per heavy atom. The molecule has 0 bridgehead atoms. The van der Waals surface area contributed by atoms with Gasteiger partial charge in [0.2, 0.25) is 11.8 Å². The van der Waals surface area contributed by atoms with Crippen molar-refractivity contribution < 1.29 is 14.3 Å². The second kappa shape index (κ2) is 10.8. The molecule has 1 atom stereocenters. The highest BCUT2D eigenvalue weighted by atomic mass is 16.5. The molecule has 3 aromatic carbocycles. The summed E-state index contributed by atoms with van der Waals surface area (Å²) in [6.45, 7) is 10.1. The fourth-order valence-electron chi connectivity index (χ4n) is 4.26. The summed E-state index contributed by atoms with van der Waals surface area (Å²) in [5.74, 6) is 0.133. The van der Waals surface area contributed by atoms with Crippen molar-refractivity contribution in [2.75, 3.05) is 11.5 Å². The summed E-state index contributed by atoms with van der Waals surface area (Å²) >= 11 is 0. The monoisotopic (exact) mass is 499 g/mol. The van der Waals surface area contributed by atoms with E-state index in [0.717, 1.165) is 11.1 Å². The molecule has 1 heterocycles.